The lowest BCUT2D eigenvalue weighted by molar-refractivity contribution is -0.139. The fraction of sp³-hybridized carbons (Fsp3) is 0.500. The molecule has 3 aromatic heterocycles. The van der Waals surface area contributed by atoms with E-state index in [4.69, 9.17) is 14.7 Å². The van der Waals surface area contributed by atoms with Crippen LogP contribution in [0.25, 0.3) is 39.2 Å². The molecule has 0 saturated carbocycles. The van der Waals surface area contributed by atoms with Gasteiger partial charge in [-0.05, 0) is 119 Å². The summed E-state index contributed by atoms with van der Waals surface area (Å²) in [7, 11) is 2.13. The number of phenolic OH excluding ortho intramolecular Hbond substituents is 2. The first-order valence-electron chi connectivity index (χ1n) is 27.6. The smallest absolute Gasteiger partial charge is 0.319 e. The summed E-state index contributed by atoms with van der Waals surface area (Å²) in [6, 6.07) is 18.1. The average molecular weight is 1050 g/mol. The van der Waals surface area contributed by atoms with Crippen LogP contribution in [0, 0.1) is 25.6 Å². The highest BCUT2D eigenvalue weighted by molar-refractivity contribution is 5.93. The van der Waals surface area contributed by atoms with Gasteiger partial charge in [0.1, 0.15) is 35.1 Å². The third-order valence-electron chi connectivity index (χ3n) is 17.0. The van der Waals surface area contributed by atoms with Crippen molar-refractivity contribution < 1.29 is 28.9 Å². The number of hydrogen-bond donors (Lipinski definition) is 4. The summed E-state index contributed by atoms with van der Waals surface area (Å²) in [6.07, 6.45) is 6.46. The Kier molecular flexibility index (Phi) is 14.9. The number of amides is 2. The molecule has 77 heavy (non-hydrogen) atoms. The predicted molar refractivity (Wildman–Crippen MR) is 293 cm³/mol. The van der Waals surface area contributed by atoms with Crippen molar-refractivity contribution in [1.29, 1.82) is 0 Å². The number of likely N-dealkylation sites (N-methyl/N-ethyl adjacent to an activating group) is 1. The molecule has 8 heterocycles. The Morgan fingerprint density at radius 1 is 0.883 bits per heavy atom. The number of aromatic nitrogens is 6. The fourth-order valence-electron chi connectivity index (χ4n) is 12.4. The number of halogens is 1. The van der Waals surface area contributed by atoms with Gasteiger partial charge in [0.15, 0.2) is 11.6 Å². The van der Waals surface area contributed by atoms with Gasteiger partial charge in [-0.1, -0.05) is 44.2 Å². The molecule has 406 valence electrons. The van der Waals surface area contributed by atoms with Gasteiger partial charge in [-0.25, -0.2) is 4.39 Å². The van der Waals surface area contributed by atoms with E-state index in [1.54, 1.807) is 16.8 Å². The molecule has 19 heteroatoms. The van der Waals surface area contributed by atoms with Crippen LogP contribution in [0.5, 0.6) is 17.5 Å². The Morgan fingerprint density at radius 2 is 1.62 bits per heavy atom. The minimum Gasteiger partial charge on any atom is -0.508 e. The number of carbonyl (C=O) groups excluding carboxylic acids is 2. The number of fused-ring (bicyclic) bond motifs is 3. The molecule has 5 aliphatic rings. The lowest BCUT2D eigenvalue weighted by atomic mass is 9.94. The molecule has 5 saturated heterocycles. The number of phenols is 2. The third-order valence-corrected chi connectivity index (χ3v) is 17.0. The van der Waals surface area contributed by atoms with Gasteiger partial charge in [-0.15, -0.1) is 10.2 Å². The number of rotatable bonds is 14. The number of nitrogens with one attached hydrogen (secondary N) is 2. The molecule has 4 atom stereocenters. The SMILES string of the molecule is CCNC(=O)c1nnc(-c2cc(C(C)C)c(O)cc2O)n1-c1ccc(CN2CCC(C(=O)N3CCN([C@H]4C[C@@H](COc5nc(N6CC7CCC(C6)N7)c6cnc(-c7cccc(C)c7C)c(F)c6n5)N(C)C4)CC3)CC2)cc1. The number of benzene rings is 3. The summed E-state index contributed by atoms with van der Waals surface area (Å²) >= 11 is 0. The van der Waals surface area contributed by atoms with Crippen LogP contribution in [0.15, 0.2) is 60.8 Å². The molecule has 11 rings (SSSR count). The number of aromatic hydroxyl groups is 2. The van der Waals surface area contributed by atoms with Gasteiger partial charge in [0.25, 0.3) is 5.91 Å². The van der Waals surface area contributed by atoms with E-state index in [-0.39, 0.29) is 64.2 Å². The number of hydrogen-bond acceptors (Lipinski definition) is 15. The van der Waals surface area contributed by atoms with Crippen molar-refractivity contribution in [2.24, 2.45) is 5.92 Å². The van der Waals surface area contributed by atoms with Crippen molar-refractivity contribution in [2.75, 3.05) is 84.0 Å². The van der Waals surface area contributed by atoms with Gasteiger partial charge >= 0.3 is 6.01 Å². The molecule has 2 unspecified atom stereocenters. The van der Waals surface area contributed by atoms with Crippen molar-refractivity contribution in [3.8, 4) is 45.8 Å². The second-order valence-electron chi connectivity index (χ2n) is 22.3. The number of pyridine rings is 1. The Bertz CT molecular complexity index is 3140. The topological polar surface area (TPSA) is 193 Å². The number of likely N-dealkylation sites (tertiary alicyclic amines) is 2. The summed E-state index contributed by atoms with van der Waals surface area (Å²) in [5.74, 6) is 0.245. The van der Waals surface area contributed by atoms with Crippen LogP contribution in [-0.4, -0.2) is 175 Å². The van der Waals surface area contributed by atoms with Crippen molar-refractivity contribution in [2.45, 2.75) is 103 Å². The van der Waals surface area contributed by atoms with Gasteiger partial charge in [0.05, 0.1) is 10.9 Å². The van der Waals surface area contributed by atoms with Crippen molar-refractivity contribution >= 4 is 28.5 Å². The van der Waals surface area contributed by atoms with Crippen LogP contribution in [0.3, 0.4) is 0 Å². The first-order valence-corrected chi connectivity index (χ1v) is 27.6. The summed E-state index contributed by atoms with van der Waals surface area (Å²) in [5.41, 5.74) is 6.07. The summed E-state index contributed by atoms with van der Waals surface area (Å²) in [5, 5.41) is 37.2. The zero-order valence-corrected chi connectivity index (χ0v) is 45.2. The normalized spacial score (nSPS) is 21.7. The molecule has 0 spiro atoms. The molecule has 0 aliphatic carbocycles. The minimum absolute atomic E-state index is 0.00534. The van der Waals surface area contributed by atoms with Gasteiger partial charge < -0.3 is 35.4 Å². The molecule has 6 aromatic rings. The maximum absolute atomic E-state index is 16.8. The predicted octanol–water partition coefficient (Wildman–Crippen LogP) is 6.43. The van der Waals surface area contributed by atoms with Crippen LogP contribution >= 0.6 is 0 Å². The first kappa shape index (κ1) is 52.3. The molecule has 2 amide bonds. The van der Waals surface area contributed by atoms with E-state index < -0.39 is 11.7 Å². The maximum atomic E-state index is 16.8. The van der Waals surface area contributed by atoms with Crippen LogP contribution in [0.2, 0.25) is 0 Å². The van der Waals surface area contributed by atoms with Gasteiger partial charge in [0.2, 0.25) is 11.7 Å². The maximum Gasteiger partial charge on any atom is 0.319 e. The lowest BCUT2D eigenvalue weighted by Crippen LogP contribution is -2.54. The van der Waals surface area contributed by atoms with E-state index in [0.717, 1.165) is 107 Å². The van der Waals surface area contributed by atoms with E-state index in [1.165, 1.54) is 6.07 Å². The number of piperazine rings is 2. The highest BCUT2D eigenvalue weighted by atomic mass is 19.1. The van der Waals surface area contributed by atoms with Gasteiger partial charge in [0, 0.05) is 113 Å². The van der Waals surface area contributed by atoms with Crippen LogP contribution in [0.4, 0.5) is 10.2 Å². The van der Waals surface area contributed by atoms with Crippen molar-refractivity contribution in [3.05, 3.63) is 94.7 Å². The van der Waals surface area contributed by atoms with E-state index in [0.29, 0.717) is 72.4 Å². The van der Waals surface area contributed by atoms with E-state index in [9.17, 15) is 19.8 Å². The lowest BCUT2D eigenvalue weighted by Gasteiger charge is -2.40. The van der Waals surface area contributed by atoms with Crippen molar-refractivity contribution in [1.82, 2.24) is 59.9 Å². The molecule has 2 bridgehead atoms. The van der Waals surface area contributed by atoms with Crippen LogP contribution in [0.1, 0.15) is 91.7 Å². The average Bonchev–Trinajstić information content (AvgIpc) is 4.22. The van der Waals surface area contributed by atoms with E-state index in [2.05, 4.69) is 57.4 Å². The summed E-state index contributed by atoms with van der Waals surface area (Å²) in [6.45, 7) is 18.4. The van der Waals surface area contributed by atoms with Gasteiger partial charge in [-0.3, -0.25) is 33.8 Å². The van der Waals surface area contributed by atoms with Crippen molar-refractivity contribution in [3.63, 3.8) is 0 Å². The number of nitrogens with zero attached hydrogens (tertiary/aromatic N) is 11. The standard InChI is InChI=1S/C58H72FN13O5/c1-7-60-56(75)55-66-65-54(46-26-45(34(2)3)48(73)27-49(46)74)72(55)41-15-11-37(12-16-41)29-68-19-17-38(18-20-68)57(76)70-23-21-69(22-24-70)42-25-43(67(6)32-42)33-77-58-63-52-47(53(64-58)71-30-39-13-14-40(31-71)62-39)28-61-51(50(52)59)44-10-8-9-35(4)36(44)5/h8-12,15-16,26-28,34,38-40,42-43,62,73-74H,7,13-14,17-25,29-33H2,1-6H3,(H,60,75)/t39?,40?,42-,43-/m0/s1. The molecule has 5 aliphatic heterocycles. The number of aryl methyl sites for hydroxylation is 1. The molecule has 5 fully saturated rings. The molecular formula is C58H72FN13O5. The second kappa shape index (κ2) is 21.9. The monoisotopic (exact) mass is 1050 g/mol. The molecular weight excluding hydrogens is 978 g/mol. The fourth-order valence-corrected chi connectivity index (χ4v) is 12.4. The zero-order chi connectivity index (χ0) is 53.6. The Morgan fingerprint density at radius 3 is 2.34 bits per heavy atom. The van der Waals surface area contributed by atoms with E-state index >= 15 is 4.39 Å². The Balaban J connectivity index is 0.686. The minimum atomic E-state index is -0.462. The number of ether oxygens (including phenoxy) is 1. The van der Waals surface area contributed by atoms with Gasteiger partial charge in [-0.2, -0.15) is 9.97 Å². The summed E-state index contributed by atoms with van der Waals surface area (Å²) < 4.78 is 24.9. The zero-order valence-electron chi connectivity index (χ0n) is 45.2. The largest absolute Gasteiger partial charge is 0.508 e. The van der Waals surface area contributed by atoms with E-state index in [1.807, 2.05) is 77.1 Å². The van der Waals surface area contributed by atoms with Crippen LogP contribution < -0.4 is 20.3 Å². The first-order chi connectivity index (χ1) is 37.2. The molecule has 18 nitrogen and oxygen atoms in total. The third kappa shape index (κ3) is 10.5. The quantitative estimate of drug-likeness (QED) is 0.0933. The molecule has 0 radical (unpaired) electrons. The number of anilines is 1. The van der Waals surface area contributed by atoms with Crippen LogP contribution in [-0.2, 0) is 11.3 Å². The highest BCUT2D eigenvalue weighted by Gasteiger charge is 2.38. The highest BCUT2D eigenvalue weighted by Crippen LogP contribution is 2.39. The molecule has 4 N–H and O–H groups in total. The summed E-state index contributed by atoms with van der Waals surface area (Å²) in [4.78, 5) is 53.2. The second-order valence-corrected chi connectivity index (χ2v) is 22.3. The Hall–Kier alpha value is -6.80. The number of carbonyl (C=O) groups is 2. The number of piperidine rings is 1. The Labute approximate surface area is 449 Å². The molecule has 3 aromatic carbocycles.